The molecule has 1 fully saturated rings. The molecule has 1 aliphatic rings. The van der Waals surface area contributed by atoms with Gasteiger partial charge in [-0.15, -0.1) is 0 Å². The fourth-order valence-corrected chi connectivity index (χ4v) is 1.97. The first kappa shape index (κ1) is 11.2. The zero-order chi connectivity index (χ0) is 11.7. The number of carbonyl (C=O) groups is 1. The van der Waals surface area contributed by atoms with Gasteiger partial charge in [0.05, 0.1) is 5.56 Å². The number of aryl methyl sites for hydroxylation is 1. The van der Waals surface area contributed by atoms with E-state index in [1.54, 1.807) is 0 Å². The molecule has 0 aromatic heterocycles. The van der Waals surface area contributed by atoms with Crippen molar-refractivity contribution in [2.24, 2.45) is 5.92 Å². The topological polar surface area (TPSA) is 17.1 Å². The Bertz CT molecular complexity index is 422. The van der Waals surface area contributed by atoms with Crippen molar-refractivity contribution in [3.63, 3.8) is 0 Å². The molecule has 1 saturated carbocycles. The lowest BCUT2D eigenvalue weighted by atomic mass is 9.81. The van der Waals surface area contributed by atoms with E-state index in [1.807, 2.05) is 0 Å². The van der Waals surface area contributed by atoms with Crippen LogP contribution in [0.1, 0.15) is 41.6 Å². The maximum absolute atomic E-state index is 13.6. The van der Waals surface area contributed by atoms with Gasteiger partial charge in [0, 0.05) is 6.42 Å². The molecule has 16 heavy (non-hydrogen) atoms. The van der Waals surface area contributed by atoms with Gasteiger partial charge in [-0.05, 0) is 24.5 Å². The maximum atomic E-state index is 13.6. The van der Waals surface area contributed by atoms with Crippen molar-refractivity contribution in [1.29, 1.82) is 0 Å². The van der Waals surface area contributed by atoms with Crippen LogP contribution in [0.25, 0.3) is 0 Å². The van der Waals surface area contributed by atoms with Crippen molar-refractivity contribution in [2.45, 2.75) is 32.6 Å². The van der Waals surface area contributed by atoms with Gasteiger partial charge in [-0.25, -0.2) is 8.78 Å². The van der Waals surface area contributed by atoms with Crippen LogP contribution in [0.5, 0.6) is 0 Å². The molecule has 2 rings (SSSR count). The molecule has 0 heterocycles. The zero-order valence-electron chi connectivity index (χ0n) is 9.22. The van der Waals surface area contributed by atoms with E-state index in [2.05, 4.69) is 0 Å². The SMILES string of the molecule is Cc1ccc(F)c(C(=O)CC2CCC2)c1F. The Morgan fingerprint density at radius 1 is 1.38 bits per heavy atom. The number of Topliss-reactive ketones (excluding diaryl/α,β-unsaturated/α-hetero) is 1. The van der Waals surface area contributed by atoms with Crippen molar-refractivity contribution in [3.05, 3.63) is 34.9 Å². The second-order valence-electron chi connectivity index (χ2n) is 4.48. The van der Waals surface area contributed by atoms with Crippen molar-refractivity contribution in [3.8, 4) is 0 Å². The monoisotopic (exact) mass is 224 g/mol. The fourth-order valence-electron chi connectivity index (χ4n) is 1.97. The van der Waals surface area contributed by atoms with Crippen LogP contribution in [-0.4, -0.2) is 5.78 Å². The van der Waals surface area contributed by atoms with Crippen LogP contribution in [-0.2, 0) is 0 Å². The van der Waals surface area contributed by atoms with Crippen LogP contribution in [0.2, 0.25) is 0 Å². The molecule has 0 spiro atoms. The van der Waals surface area contributed by atoms with Gasteiger partial charge in [0.25, 0.3) is 0 Å². The molecule has 1 nitrogen and oxygen atoms in total. The number of carbonyl (C=O) groups excluding carboxylic acids is 1. The Morgan fingerprint density at radius 2 is 2.06 bits per heavy atom. The molecule has 0 saturated heterocycles. The quantitative estimate of drug-likeness (QED) is 0.716. The molecule has 1 aromatic rings. The third-order valence-corrected chi connectivity index (χ3v) is 3.26. The van der Waals surface area contributed by atoms with Gasteiger partial charge in [0.1, 0.15) is 11.6 Å². The summed E-state index contributed by atoms with van der Waals surface area (Å²) in [4.78, 5) is 11.8. The Hall–Kier alpha value is -1.25. The van der Waals surface area contributed by atoms with Crippen molar-refractivity contribution < 1.29 is 13.6 Å². The predicted molar refractivity (Wildman–Crippen MR) is 57.4 cm³/mol. The highest BCUT2D eigenvalue weighted by atomic mass is 19.1. The molecule has 1 aromatic carbocycles. The van der Waals surface area contributed by atoms with Crippen LogP contribution in [0.4, 0.5) is 8.78 Å². The summed E-state index contributed by atoms with van der Waals surface area (Å²) in [6, 6.07) is 2.51. The number of ketones is 1. The molecule has 0 unspecified atom stereocenters. The van der Waals surface area contributed by atoms with E-state index in [9.17, 15) is 13.6 Å². The average Bonchev–Trinajstić information content (AvgIpc) is 2.18. The third-order valence-electron chi connectivity index (χ3n) is 3.26. The highest BCUT2D eigenvalue weighted by molar-refractivity contribution is 5.97. The van der Waals surface area contributed by atoms with Gasteiger partial charge in [-0.3, -0.25) is 4.79 Å². The van der Waals surface area contributed by atoms with Gasteiger partial charge >= 0.3 is 0 Å². The van der Waals surface area contributed by atoms with Crippen molar-refractivity contribution in [1.82, 2.24) is 0 Å². The van der Waals surface area contributed by atoms with Gasteiger partial charge in [-0.1, -0.05) is 25.3 Å². The molecule has 0 atom stereocenters. The van der Waals surface area contributed by atoms with Crippen LogP contribution in [0.3, 0.4) is 0 Å². The van der Waals surface area contributed by atoms with E-state index in [1.165, 1.54) is 13.0 Å². The molecule has 3 heteroatoms. The van der Waals surface area contributed by atoms with Crippen LogP contribution in [0, 0.1) is 24.5 Å². The minimum absolute atomic E-state index is 0.275. The van der Waals surface area contributed by atoms with E-state index in [4.69, 9.17) is 0 Å². The molecule has 0 amide bonds. The largest absolute Gasteiger partial charge is 0.294 e. The van der Waals surface area contributed by atoms with Crippen molar-refractivity contribution in [2.75, 3.05) is 0 Å². The van der Waals surface area contributed by atoms with E-state index in [0.717, 1.165) is 25.3 Å². The van der Waals surface area contributed by atoms with Gasteiger partial charge in [0.2, 0.25) is 0 Å². The zero-order valence-corrected chi connectivity index (χ0v) is 9.22. The molecule has 1 aliphatic carbocycles. The number of halogens is 2. The Labute approximate surface area is 93.5 Å². The lowest BCUT2D eigenvalue weighted by molar-refractivity contribution is 0.0928. The van der Waals surface area contributed by atoms with E-state index in [0.29, 0.717) is 11.5 Å². The summed E-state index contributed by atoms with van der Waals surface area (Å²) in [5.41, 5.74) is -0.0368. The average molecular weight is 224 g/mol. The standard InChI is InChI=1S/C13H14F2O/c1-8-5-6-10(14)12(13(8)15)11(16)7-9-3-2-4-9/h5-6,9H,2-4,7H2,1H3. The molecule has 0 N–H and O–H groups in total. The third kappa shape index (κ3) is 1.99. The maximum Gasteiger partial charge on any atom is 0.169 e. The summed E-state index contributed by atoms with van der Waals surface area (Å²) in [5.74, 6) is -1.52. The fraction of sp³-hybridized carbons (Fsp3) is 0.462. The minimum Gasteiger partial charge on any atom is -0.294 e. The van der Waals surface area contributed by atoms with Gasteiger partial charge in [0.15, 0.2) is 5.78 Å². The highest BCUT2D eigenvalue weighted by Crippen LogP contribution is 2.31. The highest BCUT2D eigenvalue weighted by Gasteiger charge is 2.25. The smallest absolute Gasteiger partial charge is 0.169 e. The molecule has 0 radical (unpaired) electrons. The predicted octanol–water partition coefficient (Wildman–Crippen LogP) is 3.65. The number of benzene rings is 1. The second kappa shape index (κ2) is 4.32. The van der Waals surface area contributed by atoms with Gasteiger partial charge in [-0.2, -0.15) is 0 Å². The lowest BCUT2D eigenvalue weighted by Crippen LogP contribution is -2.18. The van der Waals surface area contributed by atoms with E-state index < -0.39 is 17.4 Å². The molecule has 0 bridgehead atoms. The summed E-state index contributed by atoms with van der Waals surface area (Å²) in [5, 5.41) is 0. The van der Waals surface area contributed by atoms with Crippen LogP contribution in [0.15, 0.2) is 12.1 Å². The summed E-state index contributed by atoms with van der Waals surface area (Å²) in [6.45, 7) is 1.54. The number of hydrogen-bond acceptors (Lipinski definition) is 1. The first-order valence-electron chi connectivity index (χ1n) is 5.57. The minimum atomic E-state index is -0.743. The van der Waals surface area contributed by atoms with Crippen molar-refractivity contribution >= 4 is 5.78 Å². The van der Waals surface area contributed by atoms with Crippen LogP contribution >= 0.6 is 0 Å². The van der Waals surface area contributed by atoms with Crippen LogP contribution < -0.4 is 0 Å². The van der Waals surface area contributed by atoms with E-state index >= 15 is 0 Å². The van der Waals surface area contributed by atoms with Gasteiger partial charge < -0.3 is 0 Å². The normalized spacial score (nSPS) is 15.9. The number of hydrogen-bond donors (Lipinski definition) is 0. The molecule has 0 aliphatic heterocycles. The molecular formula is C13H14F2O. The summed E-state index contributed by atoms with van der Waals surface area (Å²) < 4.78 is 27.0. The first-order chi connectivity index (χ1) is 7.59. The van der Waals surface area contributed by atoms with E-state index in [-0.39, 0.29) is 12.0 Å². The summed E-state index contributed by atoms with van der Waals surface area (Å²) in [7, 11) is 0. The summed E-state index contributed by atoms with van der Waals surface area (Å²) >= 11 is 0. The summed E-state index contributed by atoms with van der Waals surface area (Å²) in [6.07, 6.45) is 3.40. The second-order valence-corrected chi connectivity index (χ2v) is 4.48. The molecular weight excluding hydrogens is 210 g/mol. The Morgan fingerprint density at radius 3 is 2.62 bits per heavy atom. The Balaban J connectivity index is 2.24. The Kier molecular flexibility index (Phi) is 3.03. The molecule has 86 valence electrons. The first-order valence-corrected chi connectivity index (χ1v) is 5.57. The number of rotatable bonds is 3. The lowest BCUT2D eigenvalue weighted by Gasteiger charge is -2.24.